The second-order valence-corrected chi connectivity index (χ2v) is 11.9. The number of hydrogen-bond donors (Lipinski definition) is 3. The molecule has 0 saturated carbocycles. The van der Waals surface area contributed by atoms with Gasteiger partial charge in [-0.25, -0.2) is 17.5 Å². The molecule has 0 aliphatic rings. The summed E-state index contributed by atoms with van der Waals surface area (Å²) in [5, 5.41) is 2.88. The Morgan fingerprint density at radius 3 is 2.33 bits per heavy atom. The van der Waals surface area contributed by atoms with Crippen LogP contribution >= 0.6 is 12.6 Å². The molecular weight excluding hydrogens is 577 g/mol. The second-order valence-electron chi connectivity index (χ2n) is 9.89. The molecule has 8 nitrogen and oxygen atoms in total. The van der Waals surface area contributed by atoms with Gasteiger partial charge in [0.25, 0.3) is 10.0 Å². The first-order valence-electron chi connectivity index (χ1n) is 13.7. The summed E-state index contributed by atoms with van der Waals surface area (Å²) in [5.74, 6) is -1.66. The Bertz CT molecular complexity index is 1500. The summed E-state index contributed by atoms with van der Waals surface area (Å²) in [6, 6.07) is 19.9. The average Bonchev–Trinajstić information content (AvgIpc) is 2.96. The molecule has 0 unspecified atom stereocenters. The Kier molecular flexibility index (Phi) is 12.1. The molecule has 2 N–H and O–H groups in total. The molecule has 0 aliphatic heterocycles. The first-order chi connectivity index (χ1) is 20.1. The van der Waals surface area contributed by atoms with Gasteiger partial charge in [0.1, 0.15) is 5.82 Å². The number of sulfonamides is 1. The second kappa shape index (κ2) is 15.5. The van der Waals surface area contributed by atoms with Crippen molar-refractivity contribution in [2.75, 3.05) is 18.8 Å². The number of nitrogens with one attached hydrogen (secondary N) is 2. The molecule has 3 aromatic rings. The summed E-state index contributed by atoms with van der Waals surface area (Å²) in [7, 11) is -4.16. The molecule has 0 spiro atoms. The number of rotatable bonds is 14. The molecule has 0 aromatic heterocycles. The fourth-order valence-electron chi connectivity index (χ4n) is 4.49. The standard InChI is InChI=1S/C31H36FN3O5S2/c1-3-9-30(37)35(17-16-33-31(38)26(21-41)18-23-10-5-4-6-11-23)20-25-15-14-24(19-28(25)32)27-12-7-8-13-29(27)42(39,40)34-22(2)36/h4-8,10-15,19,26,41H,3,9,16-18,20-21H2,1-2H3,(H,33,38)(H,34,36)/t26-/m1/s1. The van der Waals surface area contributed by atoms with Gasteiger partial charge >= 0.3 is 0 Å². The molecule has 42 heavy (non-hydrogen) atoms. The molecule has 0 saturated heterocycles. The topological polar surface area (TPSA) is 113 Å². The minimum absolute atomic E-state index is 0.0212. The lowest BCUT2D eigenvalue weighted by Crippen LogP contribution is -2.40. The number of halogens is 1. The van der Waals surface area contributed by atoms with E-state index in [1.807, 2.05) is 42.0 Å². The number of thiol groups is 1. The lowest BCUT2D eigenvalue weighted by Gasteiger charge is -2.24. The minimum Gasteiger partial charge on any atom is -0.354 e. The van der Waals surface area contributed by atoms with E-state index in [4.69, 9.17) is 0 Å². The highest BCUT2D eigenvalue weighted by Crippen LogP contribution is 2.29. The molecule has 1 atom stereocenters. The molecular formula is C31H36FN3O5S2. The monoisotopic (exact) mass is 613 g/mol. The van der Waals surface area contributed by atoms with E-state index < -0.39 is 21.7 Å². The van der Waals surface area contributed by atoms with E-state index in [0.717, 1.165) is 12.5 Å². The van der Waals surface area contributed by atoms with Gasteiger partial charge in [0.15, 0.2) is 0 Å². The predicted octanol–water partition coefficient (Wildman–Crippen LogP) is 4.35. The molecule has 0 fully saturated rings. The molecule has 3 aromatic carbocycles. The lowest BCUT2D eigenvalue weighted by molar-refractivity contribution is -0.132. The van der Waals surface area contributed by atoms with Crippen LogP contribution in [-0.2, 0) is 37.4 Å². The Morgan fingerprint density at radius 1 is 1.00 bits per heavy atom. The number of carbonyl (C=O) groups excluding carboxylic acids is 3. The van der Waals surface area contributed by atoms with Crippen LogP contribution in [0.1, 0.15) is 37.8 Å². The van der Waals surface area contributed by atoms with Crippen LogP contribution in [0.4, 0.5) is 4.39 Å². The van der Waals surface area contributed by atoms with E-state index in [1.54, 1.807) is 12.1 Å². The van der Waals surface area contributed by atoms with E-state index in [2.05, 4.69) is 17.9 Å². The number of hydrogen-bond acceptors (Lipinski definition) is 6. The highest BCUT2D eigenvalue weighted by atomic mass is 32.2. The van der Waals surface area contributed by atoms with Gasteiger partial charge in [-0.3, -0.25) is 14.4 Å². The summed E-state index contributed by atoms with van der Waals surface area (Å²) in [5.41, 5.74) is 1.80. The fourth-order valence-corrected chi connectivity index (χ4v) is 6.01. The van der Waals surface area contributed by atoms with Crippen LogP contribution in [0.15, 0.2) is 77.7 Å². The SMILES string of the molecule is CCCC(=O)N(CCNC(=O)[C@@H](CS)Cc1ccccc1)Cc1ccc(-c2ccccc2S(=O)(=O)NC(C)=O)cc1F. The van der Waals surface area contributed by atoms with Gasteiger partial charge < -0.3 is 10.2 Å². The zero-order chi connectivity index (χ0) is 30.7. The quantitative estimate of drug-likeness (QED) is 0.234. The van der Waals surface area contributed by atoms with Crippen LogP contribution in [-0.4, -0.2) is 49.9 Å². The molecule has 3 rings (SSSR count). The average molecular weight is 614 g/mol. The predicted molar refractivity (Wildman–Crippen MR) is 164 cm³/mol. The van der Waals surface area contributed by atoms with Crippen LogP contribution < -0.4 is 10.0 Å². The van der Waals surface area contributed by atoms with Gasteiger partial charge in [-0.15, -0.1) is 0 Å². The van der Waals surface area contributed by atoms with E-state index in [-0.39, 0.29) is 59.8 Å². The highest BCUT2D eigenvalue weighted by Gasteiger charge is 2.22. The third-order valence-electron chi connectivity index (χ3n) is 6.59. The van der Waals surface area contributed by atoms with Crippen molar-refractivity contribution in [3.8, 4) is 11.1 Å². The van der Waals surface area contributed by atoms with Crippen molar-refractivity contribution in [3.05, 3.63) is 89.7 Å². The van der Waals surface area contributed by atoms with Crippen LogP contribution in [0.3, 0.4) is 0 Å². The molecule has 3 amide bonds. The summed E-state index contributed by atoms with van der Waals surface area (Å²) < 4.78 is 42.6. The van der Waals surface area contributed by atoms with Crippen molar-refractivity contribution in [1.82, 2.24) is 14.9 Å². The smallest absolute Gasteiger partial charge is 0.264 e. The van der Waals surface area contributed by atoms with Gasteiger partial charge in [-0.1, -0.05) is 67.6 Å². The fraction of sp³-hybridized carbons (Fsp3) is 0.323. The zero-order valence-corrected chi connectivity index (χ0v) is 25.4. The molecule has 0 aliphatic carbocycles. The lowest BCUT2D eigenvalue weighted by atomic mass is 10.0. The van der Waals surface area contributed by atoms with Gasteiger partial charge in [0.2, 0.25) is 17.7 Å². The number of benzene rings is 3. The number of carbonyl (C=O) groups is 3. The van der Waals surface area contributed by atoms with Crippen LogP contribution in [0.25, 0.3) is 11.1 Å². The Balaban J connectivity index is 1.73. The Hall–Kier alpha value is -3.70. The van der Waals surface area contributed by atoms with Crippen LogP contribution in [0, 0.1) is 11.7 Å². The normalized spacial score (nSPS) is 11.9. The molecule has 0 heterocycles. The maximum atomic E-state index is 15.4. The third kappa shape index (κ3) is 9.15. The van der Waals surface area contributed by atoms with Gasteiger partial charge in [0, 0.05) is 49.9 Å². The van der Waals surface area contributed by atoms with Gasteiger partial charge in [0.05, 0.1) is 10.8 Å². The van der Waals surface area contributed by atoms with Crippen LogP contribution in [0.5, 0.6) is 0 Å². The first-order valence-corrected chi connectivity index (χ1v) is 15.8. The van der Waals surface area contributed by atoms with Gasteiger partial charge in [-0.05, 0) is 36.1 Å². The zero-order valence-electron chi connectivity index (χ0n) is 23.7. The molecule has 11 heteroatoms. The van der Waals surface area contributed by atoms with Crippen molar-refractivity contribution in [2.45, 2.75) is 44.6 Å². The maximum Gasteiger partial charge on any atom is 0.264 e. The van der Waals surface area contributed by atoms with Crippen molar-refractivity contribution >= 4 is 40.4 Å². The van der Waals surface area contributed by atoms with Crippen molar-refractivity contribution in [1.29, 1.82) is 0 Å². The van der Waals surface area contributed by atoms with Crippen molar-refractivity contribution in [2.24, 2.45) is 5.92 Å². The summed E-state index contributed by atoms with van der Waals surface area (Å²) >= 11 is 4.34. The summed E-state index contributed by atoms with van der Waals surface area (Å²) in [6.45, 7) is 3.33. The third-order valence-corrected chi connectivity index (χ3v) is 8.53. The number of amides is 3. The molecule has 0 bridgehead atoms. The van der Waals surface area contributed by atoms with E-state index in [1.165, 1.54) is 35.2 Å². The van der Waals surface area contributed by atoms with Crippen LogP contribution in [0.2, 0.25) is 0 Å². The number of nitrogens with zero attached hydrogens (tertiary/aromatic N) is 1. The summed E-state index contributed by atoms with van der Waals surface area (Å²) in [6.07, 6.45) is 1.43. The highest BCUT2D eigenvalue weighted by molar-refractivity contribution is 7.90. The molecule has 0 radical (unpaired) electrons. The van der Waals surface area contributed by atoms with Gasteiger partial charge in [-0.2, -0.15) is 12.6 Å². The summed E-state index contributed by atoms with van der Waals surface area (Å²) in [4.78, 5) is 38.4. The minimum atomic E-state index is -4.16. The van der Waals surface area contributed by atoms with Crippen molar-refractivity contribution in [3.63, 3.8) is 0 Å². The molecule has 224 valence electrons. The van der Waals surface area contributed by atoms with E-state index >= 15 is 4.39 Å². The maximum absolute atomic E-state index is 15.4. The van der Waals surface area contributed by atoms with E-state index in [0.29, 0.717) is 24.2 Å². The Morgan fingerprint density at radius 2 is 1.69 bits per heavy atom. The first kappa shape index (κ1) is 32.8. The Labute approximate surface area is 252 Å². The van der Waals surface area contributed by atoms with E-state index in [9.17, 15) is 22.8 Å². The van der Waals surface area contributed by atoms with Crippen molar-refractivity contribution < 1.29 is 27.2 Å². The largest absolute Gasteiger partial charge is 0.354 e.